The smallest absolute Gasteiger partial charge is 0.242 e. The van der Waals surface area contributed by atoms with Gasteiger partial charge in [0.2, 0.25) is 5.91 Å². The maximum Gasteiger partial charge on any atom is 0.242 e. The van der Waals surface area contributed by atoms with Crippen molar-refractivity contribution in [3.63, 3.8) is 0 Å². The zero-order valence-corrected chi connectivity index (χ0v) is 15.9. The van der Waals surface area contributed by atoms with Gasteiger partial charge < -0.3 is 20.3 Å². The summed E-state index contributed by atoms with van der Waals surface area (Å²) in [5.74, 6) is 0.945. The number of hydrogen-bond donors (Lipinski definition) is 2. The number of ether oxygens (including phenoxy) is 1. The second-order valence-corrected chi connectivity index (χ2v) is 6.62. The van der Waals surface area contributed by atoms with Crippen LogP contribution >= 0.6 is 23.7 Å². The maximum atomic E-state index is 12.5. The summed E-state index contributed by atoms with van der Waals surface area (Å²) in [7, 11) is 1.68. The monoisotopic (exact) mass is 385 g/mol. The van der Waals surface area contributed by atoms with E-state index in [1.54, 1.807) is 24.8 Å². The second-order valence-electron chi connectivity index (χ2n) is 5.72. The van der Waals surface area contributed by atoms with Gasteiger partial charge in [0.1, 0.15) is 23.0 Å². The third-order valence-electron chi connectivity index (χ3n) is 4.15. The van der Waals surface area contributed by atoms with Crippen LogP contribution in [-0.4, -0.2) is 61.8 Å². The standard InChI is InChI=1S/C16H23N5O2S.ClH/c1-23-9-7-17-5-6-18-15(22)13-3-2-8-21(13)14-12-4-10-24-16(12)20-11-19-14;/h4,10-11,13,17H,2-3,5-9H2,1H3,(H,18,22);1H. The first-order valence-electron chi connectivity index (χ1n) is 8.23. The van der Waals surface area contributed by atoms with Crippen molar-refractivity contribution in [2.45, 2.75) is 18.9 Å². The lowest BCUT2D eigenvalue weighted by atomic mass is 10.2. The van der Waals surface area contributed by atoms with Crippen LogP contribution in [0.5, 0.6) is 0 Å². The Balaban J connectivity index is 0.00000225. The van der Waals surface area contributed by atoms with E-state index >= 15 is 0 Å². The number of nitrogens with one attached hydrogen (secondary N) is 2. The van der Waals surface area contributed by atoms with Gasteiger partial charge in [0.05, 0.1) is 12.0 Å². The molecule has 138 valence electrons. The number of carbonyl (C=O) groups is 1. The molecule has 0 aromatic carbocycles. The van der Waals surface area contributed by atoms with Crippen LogP contribution in [0.15, 0.2) is 17.8 Å². The molecular weight excluding hydrogens is 362 g/mol. The molecular formula is C16H24ClN5O2S. The molecule has 0 radical (unpaired) electrons. The van der Waals surface area contributed by atoms with E-state index in [0.29, 0.717) is 13.2 Å². The maximum absolute atomic E-state index is 12.5. The molecule has 2 N–H and O–H groups in total. The van der Waals surface area contributed by atoms with E-state index in [0.717, 1.165) is 48.5 Å². The number of methoxy groups -OCH3 is 1. The largest absolute Gasteiger partial charge is 0.383 e. The number of carbonyl (C=O) groups excluding carboxylic acids is 1. The molecule has 25 heavy (non-hydrogen) atoms. The predicted molar refractivity (Wildman–Crippen MR) is 103 cm³/mol. The molecule has 1 aliphatic rings. The Morgan fingerprint density at radius 1 is 1.40 bits per heavy atom. The van der Waals surface area contributed by atoms with Gasteiger partial charge in [-0.3, -0.25) is 4.79 Å². The fraction of sp³-hybridized carbons (Fsp3) is 0.562. The van der Waals surface area contributed by atoms with Gasteiger partial charge in [0, 0.05) is 33.3 Å². The van der Waals surface area contributed by atoms with Crippen molar-refractivity contribution in [3.8, 4) is 0 Å². The van der Waals surface area contributed by atoms with Gasteiger partial charge >= 0.3 is 0 Å². The Kier molecular flexibility index (Phi) is 7.83. The molecule has 1 unspecified atom stereocenters. The summed E-state index contributed by atoms with van der Waals surface area (Å²) >= 11 is 1.60. The van der Waals surface area contributed by atoms with E-state index in [4.69, 9.17) is 4.74 Å². The lowest BCUT2D eigenvalue weighted by Crippen LogP contribution is -2.45. The van der Waals surface area contributed by atoms with E-state index < -0.39 is 0 Å². The van der Waals surface area contributed by atoms with Crippen molar-refractivity contribution in [1.82, 2.24) is 20.6 Å². The van der Waals surface area contributed by atoms with E-state index in [1.807, 2.05) is 11.4 Å². The number of fused-ring (bicyclic) bond motifs is 1. The topological polar surface area (TPSA) is 79.4 Å². The summed E-state index contributed by atoms with van der Waals surface area (Å²) in [5, 5.41) is 9.29. The van der Waals surface area contributed by atoms with E-state index in [2.05, 4.69) is 25.5 Å². The summed E-state index contributed by atoms with van der Waals surface area (Å²) in [6.45, 7) is 3.68. The van der Waals surface area contributed by atoms with Crippen LogP contribution in [0.2, 0.25) is 0 Å². The summed E-state index contributed by atoms with van der Waals surface area (Å²) < 4.78 is 4.97. The lowest BCUT2D eigenvalue weighted by Gasteiger charge is -2.25. The zero-order valence-electron chi connectivity index (χ0n) is 14.2. The summed E-state index contributed by atoms with van der Waals surface area (Å²) in [6.07, 6.45) is 3.44. The Morgan fingerprint density at radius 3 is 3.12 bits per heavy atom. The van der Waals surface area contributed by atoms with Crippen LogP contribution in [-0.2, 0) is 9.53 Å². The Hall–Kier alpha value is -1.48. The van der Waals surface area contributed by atoms with Gasteiger partial charge in [-0.2, -0.15) is 0 Å². The van der Waals surface area contributed by atoms with Crippen LogP contribution in [0.1, 0.15) is 12.8 Å². The molecule has 1 amide bonds. The quantitative estimate of drug-likeness (QED) is 0.669. The number of rotatable bonds is 8. The second kappa shape index (κ2) is 9.86. The molecule has 2 aromatic heterocycles. The highest BCUT2D eigenvalue weighted by Crippen LogP contribution is 2.31. The number of anilines is 1. The zero-order chi connectivity index (χ0) is 16.8. The van der Waals surface area contributed by atoms with Gasteiger partial charge in [-0.15, -0.1) is 23.7 Å². The van der Waals surface area contributed by atoms with Crippen LogP contribution in [0.4, 0.5) is 5.82 Å². The summed E-state index contributed by atoms with van der Waals surface area (Å²) in [5.41, 5.74) is 0. The number of thiophene rings is 1. The van der Waals surface area contributed by atoms with E-state index in [-0.39, 0.29) is 24.4 Å². The molecule has 7 nitrogen and oxygen atoms in total. The van der Waals surface area contributed by atoms with E-state index in [9.17, 15) is 4.79 Å². The fourth-order valence-electron chi connectivity index (χ4n) is 2.99. The highest BCUT2D eigenvalue weighted by molar-refractivity contribution is 7.16. The first kappa shape index (κ1) is 19.8. The van der Waals surface area contributed by atoms with Crippen molar-refractivity contribution in [2.75, 3.05) is 44.8 Å². The normalized spacial score (nSPS) is 16.8. The van der Waals surface area contributed by atoms with Gasteiger partial charge in [0.15, 0.2) is 0 Å². The molecule has 0 saturated carbocycles. The molecule has 1 aliphatic heterocycles. The average molecular weight is 386 g/mol. The SMILES string of the molecule is COCCNCCNC(=O)C1CCCN1c1ncnc2sccc12.Cl. The first-order valence-corrected chi connectivity index (χ1v) is 9.11. The number of aromatic nitrogens is 2. The van der Waals surface area contributed by atoms with Crippen LogP contribution < -0.4 is 15.5 Å². The van der Waals surface area contributed by atoms with E-state index in [1.165, 1.54) is 0 Å². The third-order valence-corrected chi connectivity index (χ3v) is 4.97. The minimum Gasteiger partial charge on any atom is -0.383 e. The van der Waals surface area contributed by atoms with Gasteiger partial charge in [-0.1, -0.05) is 0 Å². The number of halogens is 1. The van der Waals surface area contributed by atoms with Crippen molar-refractivity contribution in [1.29, 1.82) is 0 Å². The van der Waals surface area contributed by atoms with Crippen LogP contribution in [0.3, 0.4) is 0 Å². The Morgan fingerprint density at radius 2 is 2.28 bits per heavy atom. The average Bonchev–Trinajstić information content (AvgIpc) is 3.26. The molecule has 0 bridgehead atoms. The molecule has 1 atom stereocenters. The minimum absolute atomic E-state index is 0. The van der Waals surface area contributed by atoms with Crippen LogP contribution in [0, 0.1) is 0 Å². The fourth-order valence-corrected chi connectivity index (χ4v) is 3.72. The minimum atomic E-state index is -0.151. The molecule has 2 aromatic rings. The molecule has 9 heteroatoms. The number of amides is 1. The lowest BCUT2D eigenvalue weighted by molar-refractivity contribution is -0.122. The molecule has 0 spiro atoms. The van der Waals surface area contributed by atoms with Crippen LogP contribution in [0.25, 0.3) is 10.2 Å². The highest BCUT2D eigenvalue weighted by atomic mass is 35.5. The van der Waals surface area contributed by atoms with Crippen molar-refractivity contribution >= 4 is 45.7 Å². The third kappa shape index (κ3) is 4.78. The predicted octanol–water partition coefficient (Wildman–Crippen LogP) is 1.43. The Labute approximate surface area is 157 Å². The van der Waals surface area contributed by atoms with Crippen molar-refractivity contribution < 1.29 is 9.53 Å². The molecule has 0 aliphatic carbocycles. The van der Waals surface area contributed by atoms with Crippen molar-refractivity contribution in [3.05, 3.63) is 17.8 Å². The summed E-state index contributed by atoms with van der Waals surface area (Å²) in [6, 6.07) is 1.88. The first-order chi connectivity index (χ1) is 11.8. The van der Waals surface area contributed by atoms with Gasteiger partial charge in [0.25, 0.3) is 0 Å². The molecule has 1 fully saturated rings. The van der Waals surface area contributed by atoms with Gasteiger partial charge in [-0.05, 0) is 24.3 Å². The molecule has 1 saturated heterocycles. The number of hydrogen-bond acceptors (Lipinski definition) is 7. The van der Waals surface area contributed by atoms with Gasteiger partial charge in [-0.25, -0.2) is 9.97 Å². The van der Waals surface area contributed by atoms with Crippen molar-refractivity contribution in [2.24, 2.45) is 0 Å². The Bertz CT molecular complexity index is 683. The summed E-state index contributed by atoms with van der Waals surface area (Å²) in [4.78, 5) is 24.4. The molecule has 3 rings (SSSR count). The molecule has 3 heterocycles. The number of nitrogens with zero attached hydrogens (tertiary/aromatic N) is 3. The highest BCUT2D eigenvalue weighted by Gasteiger charge is 2.32.